The zero-order chi connectivity index (χ0) is 16.1. The molecule has 23 heavy (non-hydrogen) atoms. The molecular formula is C17H21N3O3. The third kappa shape index (κ3) is 4.09. The highest BCUT2D eigenvalue weighted by Gasteiger charge is 2.21. The van der Waals surface area contributed by atoms with Gasteiger partial charge in [0.25, 0.3) is 0 Å². The van der Waals surface area contributed by atoms with E-state index in [1.807, 2.05) is 24.3 Å². The molecule has 0 spiro atoms. The van der Waals surface area contributed by atoms with Gasteiger partial charge in [-0.25, -0.2) is 0 Å². The molecule has 1 fully saturated rings. The van der Waals surface area contributed by atoms with E-state index in [0.29, 0.717) is 11.8 Å². The minimum Gasteiger partial charge on any atom is -0.497 e. The minimum absolute atomic E-state index is 0.172. The van der Waals surface area contributed by atoms with Gasteiger partial charge in [-0.2, -0.15) is 0 Å². The monoisotopic (exact) mass is 315 g/mol. The second kappa shape index (κ2) is 7.26. The van der Waals surface area contributed by atoms with E-state index in [-0.39, 0.29) is 18.3 Å². The van der Waals surface area contributed by atoms with Gasteiger partial charge < -0.3 is 9.15 Å². The van der Waals surface area contributed by atoms with Crippen molar-refractivity contribution in [2.24, 2.45) is 0 Å². The van der Waals surface area contributed by atoms with E-state index in [4.69, 9.17) is 9.15 Å². The number of methoxy groups -OCH3 is 1. The lowest BCUT2D eigenvalue weighted by Crippen LogP contribution is -2.14. The molecule has 2 aromatic rings. The van der Waals surface area contributed by atoms with Crippen LogP contribution >= 0.6 is 0 Å². The highest BCUT2D eigenvalue weighted by Crippen LogP contribution is 2.32. The van der Waals surface area contributed by atoms with E-state index in [1.54, 1.807) is 7.11 Å². The molecule has 0 aliphatic heterocycles. The quantitative estimate of drug-likeness (QED) is 0.916. The topological polar surface area (TPSA) is 77.2 Å². The Morgan fingerprint density at radius 3 is 2.65 bits per heavy atom. The van der Waals surface area contributed by atoms with Crippen LogP contribution in [0.1, 0.15) is 49.5 Å². The molecule has 6 nitrogen and oxygen atoms in total. The number of hydrogen-bond donors (Lipinski definition) is 1. The normalized spacial score (nSPS) is 15.3. The maximum absolute atomic E-state index is 12.1. The summed E-state index contributed by atoms with van der Waals surface area (Å²) in [4.78, 5) is 12.1. The predicted octanol–water partition coefficient (Wildman–Crippen LogP) is 3.31. The molecule has 0 unspecified atom stereocenters. The molecule has 1 amide bonds. The van der Waals surface area contributed by atoms with Crippen molar-refractivity contribution >= 4 is 11.9 Å². The van der Waals surface area contributed by atoms with Crippen molar-refractivity contribution < 1.29 is 13.9 Å². The fraction of sp³-hybridized carbons (Fsp3) is 0.471. The Morgan fingerprint density at radius 1 is 1.22 bits per heavy atom. The summed E-state index contributed by atoms with van der Waals surface area (Å²) in [5, 5.41) is 10.7. The first-order valence-electron chi connectivity index (χ1n) is 8.01. The Kier molecular flexibility index (Phi) is 4.90. The number of amides is 1. The molecule has 3 rings (SSSR count). The van der Waals surface area contributed by atoms with E-state index < -0.39 is 0 Å². The standard InChI is InChI=1S/C17H21N3O3/c1-22-14-9-7-12(8-10-14)11-15(21)18-17-20-19-16(23-17)13-5-3-2-4-6-13/h7-10,13H,2-6,11H2,1H3,(H,18,20,21). The Balaban J connectivity index is 1.55. The van der Waals surface area contributed by atoms with E-state index in [1.165, 1.54) is 19.3 Å². The molecule has 122 valence electrons. The van der Waals surface area contributed by atoms with Gasteiger partial charge in [0.1, 0.15) is 5.75 Å². The summed E-state index contributed by atoms with van der Waals surface area (Å²) in [6.07, 6.45) is 6.10. The van der Waals surface area contributed by atoms with E-state index in [0.717, 1.165) is 24.2 Å². The van der Waals surface area contributed by atoms with Crippen LogP contribution in [0.25, 0.3) is 0 Å². The summed E-state index contributed by atoms with van der Waals surface area (Å²) in [6.45, 7) is 0. The highest BCUT2D eigenvalue weighted by atomic mass is 16.5. The number of benzene rings is 1. The molecule has 0 atom stereocenters. The van der Waals surface area contributed by atoms with Crippen molar-refractivity contribution in [2.75, 3.05) is 12.4 Å². The van der Waals surface area contributed by atoms with Crippen molar-refractivity contribution in [2.45, 2.75) is 44.4 Å². The van der Waals surface area contributed by atoms with Gasteiger partial charge in [0.15, 0.2) is 0 Å². The molecule has 1 aliphatic carbocycles. The summed E-state index contributed by atoms with van der Waals surface area (Å²) in [5.74, 6) is 1.57. The zero-order valence-corrected chi connectivity index (χ0v) is 13.2. The third-order valence-corrected chi connectivity index (χ3v) is 4.17. The Labute approximate surface area is 135 Å². The second-order valence-corrected chi connectivity index (χ2v) is 5.85. The van der Waals surface area contributed by atoms with Crippen LogP contribution in [0.15, 0.2) is 28.7 Å². The van der Waals surface area contributed by atoms with Crippen LogP contribution in [0, 0.1) is 0 Å². The largest absolute Gasteiger partial charge is 0.497 e. The minimum atomic E-state index is -0.172. The molecule has 6 heteroatoms. The van der Waals surface area contributed by atoms with Crippen molar-refractivity contribution in [3.05, 3.63) is 35.7 Å². The second-order valence-electron chi connectivity index (χ2n) is 5.85. The predicted molar refractivity (Wildman–Crippen MR) is 85.5 cm³/mol. The maximum Gasteiger partial charge on any atom is 0.322 e. The molecule has 0 radical (unpaired) electrons. The summed E-state index contributed by atoms with van der Waals surface area (Å²) in [5.41, 5.74) is 0.898. The number of anilines is 1. The first-order valence-corrected chi connectivity index (χ1v) is 8.01. The zero-order valence-electron chi connectivity index (χ0n) is 13.2. The van der Waals surface area contributed by atoms with Crippen molar-refractivity contribution in [1.29, 1.82) is 0 Å². The molecule has 0 bridgehead atoms. The van der Waals surface area contributed by atoms with E-state index >= 15 is 0 Å². The van der Waals surface area contributed by atoms with Crippen LogP contribution < -0.4 is 10.1 Å². The number of carbonyl (C=O) groups is 1. The van der Waals surface area contributed by atoms with Crippen molar-refractivity contribution in [3.8, 4) is 5.75 Å². The van der Waals surface area contributed by atoms with Crippen LogP contribution in [-0.4, -0.2) is 23.2 Å². The van der Waals surface area contributed by atoms with Crippen LogP contribution in [0.4, 0.5) is 6.01 Å². The summed E-state index contributed by atoms with van der Waals surface area (Å²) in [6, 6.07) is 7.57. The van der Waals surface area contributed by atoms with E-state index in [9.17, 15) is 4.79 Å². The maximum atomic E-state index is 12.1. The van der Waals surface area contributed by atoms with E-state index in [2.05, 4.69) is 15.5 Å². The van der Waals surface area contributed by atoms with Crippen LogP contribution in [0.5, 0.6) is 5.75 Å². The number of nitrogens with zero attached hydrogens (tertiary/aromatic N) is 2. The fourth-order valence-electron chi connectivity index (χ4n) is 2.89. The van der Waals surface area contributed by atoms with Gasteiger partial charge in [0, 0.05) is 5.92 Å². The molecule has 1 aromatic carbocycles. The molecule has 0 saturated heterocycles. The lowest BCUT2D eigenvalue weighted by molar-refractivity contribution is -0.115. The average molecular weight is 315 g/mol. The molecule has 1 heterocycles. The lowest BCUT2D eigenvalue weighted by Gasteiger charge is -2.17. The van der Waals surface area contributed by atoms with Crippen molar-refractivity contribution in [3.63, 3.8) is 0 Å². The Bertz CT molecular complexity index is 645. The number of hydrogen-bond acceptors (Lipinski definition) is 5. The SMILES string of the molecule is COc1ccc(CC(=O)Nc2nnc(C3CCCCC3)o2)cc1. The van der Waals surface area contributed by atoms with Gasteiger partial charge in [-0.15, -0.1) is 5.10 Å². The van der Waals surface area contributed by atoms with Crippen molar-refractivity contribution in [1.82, 2.24) is 10.2 Å². The van der Waals surface area contributed by atoms with Gasteiger partial charge >= 0.3 is 6.01 Å². The summed E-state index contributed by atoms with van der Waals surface area (Å²) in [7, 11) is 1.61. The average Bonchev–Trinajstić information content (AvgIpc) is 3.04. The Morgan fingerprint density at radius 2 is 1.96 bits per heavy atom. The van der Waals surface area contributed by atoms with Gasteiger partial charge in [0.2, 0.25) is 11.8 Å². The number of rotatable bonds is 5. The molecular weight excluding hydrogens is 294 g/mol. The molecule has 1 N–H and O–H groups in total. The Hall–Kier alpha value is -2.37. The summed E-state index contributed by atoms with van der Waals surface area (Å²) >= 11 is 0. The van der Waals surface area contributed by atoms with Crippen LogP contribution in [0.3, 0.4) is 0 Å². The number of nitrogens with one attached hydrogen (secondary N) is 1. The molecule has 1 saturated carbocycles. The molecule has 1 aliphatic rings. The van der Waals surface area contributed by atoms with Crippen LogP contribution in [0.2, 0.25) is 0 Å². The fourth-order valence-corrected chi connectivity index (χ4v) is 2.89. The van der Waals surface area contributed by atoms with Gasteiger partial charge in [-0.3, -0.25) is 10.1 Å². The highest BCUT2D eigenvalue weighted by molar-refractivity contribution is 5.90. The number of ether oxygens (including phenoxy) is 1. The van der Waals surface area contributed by atoms with Gasteiger partial charge in [0.05, 0.1) is 13.5 Å². The van der Waals surface area contributed by atoms with Crippen LogP contribution in [-0.2, 0) is 11.2 Å². The number of aromatic nitrogens is 2. The first kappa shape index (κ1) is 15.5. The third-order valence-electron chi connectivity index (χ3n) is 4.17. The number of carbonyl (C=O) groups excluding carboxylic acids is 1. The summed E-state index contributed by atoms with van der Waals surface area (Å²) < 4.78 is 10.7. The smallest absolute Gasteiger partial charge is 0.322 e. The molecule has 1 aromatic heterocycles. The lowest BCUT2D eigenvalue weighted by atomic mass is 9.89. The van der Waals surface area contributed by atoms with Gasteiger partial charge in [-0.05, 0) is 30.5 Å². The van der Waals surface area contributed by atoms with Gasteiger partial charge in [-0.1, -0.05) is 36.5 Å². The first-order chi connectivity index (χ1) is 11.2.